The predicted octanol–water partition coefficient (Wildman–Crippen LogP) is 4.41. The summed E-state index contributed by atoms with van der Waals surface area (Å²) in [5, 5.41) is 16.4. The van der Waals surface area contributed by atoms with Crippen LogP contribution >= 0.6 is 0 Å². The molecule has 20 heavy (non-hydrogen) atoms. The van der Waals surface area contributed by atoms with E-state index in [0.717, 1.165) is 18.6 Å². The number of rotatable bonds is 2. The largest absolute Gasteiger partial charge is 0.455 e. The molecule has 0 bridgehead atoms. The van der Waals surface area contributed by atoms with Crippen LogP contribution in [-0.4, -0.2) is 35.4 Å². The van der Waals surface area contributed by atoms with Gasteiger partial charge < -0.3 is 9.73 Å². The Bertz CT molecular complexity index is 375. The summed E-state index contributed by atoms with van der Waals surface area (Å²) in [6.45, 7) is 19.2. The zero-order valence-electron chi connectivity index (χ0n) is 14.7. The zero-order valence-corrected chi connectivity index (χ0v) is 15.7. The van der Waals surface area contributed by atoms with Crippen LogP contribution in [0.2, 0.25) is 18.1 Å². The number of oxime groups is 1. The smallest absolute Gasteiger partial charge is 0.286 e. The lowest BCUT2D eigenvalue weighted by Gasteiger charge is -2.48. The number of hydrogen-bond acceptors (Lipinski definition) is 4. The summed E-state index contributed by atoms with van der Waals surface area (Å²) in [6.07, 6.45) is 1.48. The molecular formula is C15H32N2O2Si. The van der Waals surface area contributed by atoms with Crippen LogP contribution in [0.1, 0.15) is 61.3 Å². The fourth-order valence-electron chi connectivity index (χ4n) is 2.41. The second-order valence-corrected chi connectivity index (χ2v) is 13.5. The van der Waals surface area contributed by atoms with Crippen molar-refractivity contribution >= 4 is 14.0 Å². The minimum absolute atomic E-state index is 0.153. The minimum atomic E-state index is -1.86. The van der Waals surface area contributed by atoms with E-state index in [1.54, 1.807) is 0 Å². The first-order valence-corrected chi connectivity index (χ1v) is 10.3. The van der Waals surface area contributed by atoms with Gasteiger partial charge in [-0.1, -0.05) is 20.8 Å². The summed E-state index contributed by atoms with van der Waals surface area (Å²) < 4.78 is 5.98. The van der Waals surface area contributed by atoms with Gasteiger partial charge in [0.05, 0.1) is 5.71 Å². The highest BCUT2D eigenvalue weighted by atomic mass is 28.4. The summed E-state index contributed by atoms with van der Waals surface area (Å²) in [5.41, 5.74) is 0.435. The van der Waals surface area contributed by atoms with E-state index in [1.807, 2.05) is 27.7 Å². The molecule has 1 saturated heterocycles. The Balaban J connectivity index is 2.91. The third-order valence-electron chi connectivity index (χ3n) is 4.63. The summed E-state index contributed by atoms with van der Waals surface area (Å²) in [6, 6.07) is 0. The molecule has 0 saturated carbocycles. The van der Waals surface area contributed by atoms with Gasteiger partial charge in [0.15, 0.2) is 0 Å². The molecule has 0 amide bonds. The lowest BCUT2D eigenvalue weighted by molar-refractivity contribution is -0.226. The van der Waals surface area contributed by atoms with Crippen LogP contribution in [0.4, 0.5) is 0 Å². The normalized spacial score (nSPS) is 23.6. The van der Waals surface area contributed by atoms with Gasteiger partial charge >= 0.3 is 0 Å². The van der Waals surface area contributed by atoms with Crippen molar-refractivity contribution < 1.29 is 9.73 Å². The lowest BCUT2D eigenvalue weighted by atomic mass is 9.81. The molecule has 1 aliphatic heterocycles. The standard InChI is InChI=1S/C15H32N2O2Si/c1-13(2,3)20(8,9)19-16-12-10-14(4,5)17(18)15(6,7)11-12/h18H,10-11H2,1-9H3. The van der Waals surface area contributed by atoms with Crippen molar-refractivity contribution in [1.82, 2.24) is 5.06 Å². The Hall–Kier alpha value is -0.393. The molecule has 0 aliphatic carbocycles. The van der Waals surface area contributed by atoms with Gasteiger partial charge in [-0.2, -0.15) is 5.06 Å². The highest BCUT2D eigenvalue weighted by Crippen LogP contribution is 2.38. The monoisotopic (exact) mass is 300 g/mol. The minimum Gasteiger partial charge on any atom is -0.455 e. The summed E-state index contributed by atoms with van der Waals surface area (Å²) >= 11 is 0. The van der Waals surface area contributed by atoms with Gasteiger partial charge in [-0.15, -0.1) is 5.16 Å². The van der Waals surface area contributed by atoms with Crippen molar-refractivity contribution in [1.29, 1.82) is 0 Å². The van der Waals surface area contributed by atoms with E-state index in [0.29, 0.717) is 0 Å². The third-order valence-corrected chi connectivity index (χ3v) is 8.79. The molecule has 1 heterocycles. The third kappa shape index (κ3) is 3.62. The predicted molar refractivity (Wildman–Crippen MR) is 86.7 cm³/mol. The average Bonchev–Trinajstić information content (AvgIpc) is 2.21. The van der Waals surface area contributed by atoms with Crippen molar-refractivity contribution in [2.75, 3.05) is 0 Å². The molecule has 1 fully saturated rings. The SMILES string of the molecule is CC1(C)CC(=NO[Si](C)(C)C(C)(C)C)CC(C)(C)N1O. The van der Waals surface area contributed by atoms with Crippen LogP contribution in [0.3, 0.4) is 0 Å². The maximum Gasteiger partial charge on any atom is 0.286 e. The number of piperidine rings is 1. The zero-order chi connectivity index (χ0) is 16.0. The van der Waals surface area contributed by atoms with Crippen LogP contribution in [0.15, 0.2) is 5.16 Å². The highest BCUT2D eigenvalue weighted by Gasteiger charge is 2.45. The molecule has 5 heteroatoms. The molecule has 1 aliphatic rings. The van der Waals surface area contributed by atoms with Gasteiger partial charge in [-0.25, -0.2) is 0 Å². The first kappa shape index (κ1) is 17.7. The molecule has 0 aromatic heterocycles. The Labute approximate surface area is 125 Å². The van der Waals surface area contributed by atoms with Crippen molar-refractivity contribution in [2.45, 2.75) is 90.5 Å². The highest BCUT2D eigenvalue weighted by molar-refractivity contribution is 6.74. The quantitative estimate of drug-likeness (QED) is 0.607. The van der Waals surface area contributed by atoms with Crippen LogP contribution in [0, 0.1) is 0 Å². The fraction of sp³-hybridized carbons (Fsp3) is 0.933. The molecule has 0 radical (unpaired) electrons. The first-order valence-electron chi connectivity index (χ1n) is 7.42. The molecule has 4 nitrogen and oxygen atoms in total. The van der Waals surface area contributed by atoms with E-state index in [2.05, 4.69) is 39.0 Å². The summed E-state index contributed by atoms with van der Waals surface area (Å²) in [5.74, 6) is 0. The summed E-state index contributed by atoms with van der Waals surface area (Å²) in [4.78, 5) is 0. The van der Waals surface area contributed by atoms with Crippen molar-refractivity contribution in [3.05, 3.63) is 0 Å². The molecule has 118 valence electrons. The summed E-state index contributed by atoms with van der Waals surface area (Å²) in [7, 11) is -1.86. The van der Waals surface area contributed by atoms with Gasteiger partial charge in [-0.05, 0) is 45.8 Å². The van der Waals surface area contributed by atoms with Gasteiger partial charge in [0.1, 0.15) is 0 Å². The lowest BCUT2D eigenvalue weighted by Crippen LogP contribution is -2.59. The number of nitrogens with zero attached hydrogens (tertiary/aromatic N) is 2. The van der Waals surface area contributed by atoms with Crippen LogP contribution in [0.25, 0.3) is 0 Å². The number of hydroxylamine groups is 2. The van der Waals surface area contributed by atoms with Crippen LogP contribution in [0.5, 0.6) is 0 Å². The van der Waals surface area contributed by atoms with Gasteiger partial charge in [0.25, 0.3) is 8.32 Å². The van der Waals surface area contributed by atoms with E-state index >= 15 is 0 Å². The molecule has 0 spiro atoms. The van der Waals surface area contributed by atoms with E-state index < -0.39 is 8.32 Å². The van der Waals surface area contributed by atoms with Gasteiger partial charge in [0, 0.05) is 23.9 Å². The second kappa shape index (κ2) is 5.11. The Morgan fingerprint density at radius 3 is 1.85 bits per heavy atom. The first-order chi connectivity index (χ1) is 8.69. The topological polar surface area (TPSA) is 45.1 Å². The van der Waals surface area contributed by atoms with E-state index in [4.69, 9.17) is 4.53 Å². The van der Waals surface area contributed by atoms with Crippen molar-refractivity contribution in [3.8, 4) is 0 Å². The van der Waals surface area contributed by atoms with Crippen LogP contribution < -0.4 is 0 Å². The van der Waals surface area contributed by atoms with Crippen molar-refractivity contribution in [3.63, 3.8) is 0 Å². The molecule has 1 rings (SSSR count). The average molecular weight is 301 g/mol. The van der Waals surface area contributed by atoms with E-state index in [1.165, 1.54) is 5.06 Å². The fourth-order valence-corrected chi connectivity index (χ4v) is 3.04. The number of hydrogen-bond donors (Lipinski definition) is 1. The Kier molecular flexibility index (Phi) is 4.51. The van der Waals surface area contributed by atoms with Gasteiger partial charge in [0.2, 0.25) is 0 Å². The molecule has 0 aromatic carbocycles. The molecule has 0 aromatic rings. The molecule has 0 unspecified atom stereocenters. The van der Waals surface area contributed by atoms with E-state index in [-0.39, 0.29) is 16.1 Å². The maximum atomic E-state index is 10.3. The molecular weight excluding hydrogens is 268 g/mol. The molecule has 1 N–H and O–H groups in total. The van der Waals surface area contributed by atoms with Gasteiger partial charge in [-0.3, -0.25) is 0 Å². The van der Waals surface area contributed by atoms with Crippen molar-refractivity contribution in [2.24, 2.45) is 5.16 Å². The van der Waals surface area contributed by atoms with Crippen LogP contribution in [-0.2, 0) is 4.53 Å². The molecule has 0 atom stereocenters. The Morgan fingerprint density at radius 1 is 1.10 bits per heavy atom. The maximum absolute atomic E-state index is 10.3. The Morgan fingerprint density at radius 2 is 1.50 bits per heavy atom. The van der Waals surface area contributed by atoms with E-state index in [9.17, 15) is 5.21 Å². The second-order valence-electron chi connectivity index (χ2n) is 8.80.